The van der Waals surface area contributed by atoms with Gasteiger partial charge in [0.05, 0.1) is 5.56 Å². The lowest BCUT2D eigenvalue weighted by atomic mass is 9.85. The van der Waals surface area contributed by atoms with Crippen molar-refractivity contribution in [2.45, 2.75) is 52.1 Å². The topological polar surface area (TPSA) is 49.8 Å². The molecular weight excluding hydrogens is 235 g/mol. The molecule has 0 radical (unpaired) electrons. The largest absolute Gasteiger partial charge is 0.389 e. The van der Waals surface area contributed by atoms with Gasteiger partial charge in [-0.3, -0.25) is 0 Å². The van der Waals surface area contributed by atoms with Crippen LogP contribution in [0.1, 0.15) is 55.5 Å². The Morgan fingerprint density at radius 3 is 2.65 bits per heavy atom. The second-order valence-electron chi connectivity index (χ2n) is 4.34. The quantitative estimate of drug-likeness (QED) is 0.760. The van der Waals surface area contributed by atoms with Gasteiger partial charge in [0.25, 0.3) is 0 Å². The molecule has 1 aromatic rings. The molecular formula is C13H19FN2S. The van der Waals surface area contributed by atoms with Gasteiger partial charge in [-0.25, -0.2) is 4.39 Å². The van der Waals surface area contributed by atoms with Crippen LogP contribution < -0.4 is 5.73 Å². The molecule has 94 valence electrons. The molecule has 0 fully saturated rings. The highest BCUT2D eigenvalue weighted by atomic mass is 32.1. The number of fused-ring (bicyclic) bond motifs is 1. The van der Waals surface area contributed by atoms with Gasteiger partial charge < -0.3 is 5.73 Å². The molecule has 0 amide bonds. The fourth-order valence-electron chi connectivity index (χ4n) is 1.99. The lowest BCUT2D eigenvalue weighted by Crippen LogP contribution is -2.18. The molecule has 2 unspecified atom stereocenters. The molecule has 1 heterocycles. The van der Waals surface area contributed by atoms with Gasteiger partial charge in [-0.2, -0.15) is 5.26 Å². The van der Waals surface area contributed by atoms with Gasteiger partial charge in [-0.1, -0.05) is 27.2 Å². The Balaban J connectivity index is 0.000000437. The maximum atomic E-state index is 13.4. The fourth-order valence-corrected chi connectivity index (χ4v) is 3.13. The molecule has 1 aliphatic rings. The standard InChI is InChI=1S/C10H11FN2S.C3H8/c1-5-7(11)2-3-8-9(5)6(4-12)10(13)14-8;1-3-2/h5,7H,2-3,13H2,1H3;3H2,1-2H3. The summed E-state index contributed by atoms with van der Waals surface area (Å²) < 4.78 is 13.4. The second-order valence-corrected chi connectivity index (χ2v) is 5.48. The Kier molecular flexibility index (Phi) is 4.95. The molecule has 0 saturated carbocycles. The summed E-state index contributed by atoms with van der Waals surface area (Å²) in [7, 11) is 0. The maximum absolute atomic E-state index is 13.4. The first-order chi connectivity index (χ1) is 8.06. The third-order valence-electron chi connectivity index (χ3n) is 2.81. The molecule has 0 bridgehead atoms. The van der Waals surface area contributed by atoms with Crippen LogP contribution in [0.15, 0.2) is 0 Å². The number of nitrogens with zero attached hydrogens (tertiary/aromatic N) is 1. The highest BCUT2D eigenvalue weighted by Gasteiger charge is 2.31. The van der Waals surface area contributed by atoms with Crippen molar-refractivity contribution in [3.63, 3.8) is 0 Å². The minimum Gasteiger partial charge on any atom is -0.389 e. The van der Waals surface area contributed by atoms with Gasteiger partial charge >= 0.3 is 0 Å². The van der Waals surface area contributed by atoms with Crippen LogP contribution >= 0.6 is 11.3 Å². The Labute approximate surface area is 106 Å². The van der Waals surface area contributed by atoms with E-state index in [1.807, 2.05) is 6.92 Å². The van der Waals surface area contributed by atoms with E-state index in [0.717, 1.165) is 16.9 Å². The van der Waals surface area contributed by atoms with Crippen molar-refractivity contribution < 1.29 is 4.39 Å². The monoisotopic (exact) mass is 254 g/mol. The first kappa shape index (κ1) is 14.0. The molecule has 17 heavy (non-hydrogen) atoms. The molecule has 2 atom stereocenters. The minimum atomic E-state index is -0.830. The average Bonchev–Trinajstić information content (AvgIpc) is 2.61. The molecule has 1 aromatic heterocycles. The zero-order valence-electron chi connectivity index (χ0n) is 10.6. The molecule has 2 rings (SSSR count). The third kappa shape index (κ3) is 2.78. The van der Waals surface area contributed by atoms with E-state index >= 15 is 0 Å². The summed E-state index contributed by atoms with van der Waals surface area (Å²) in [6.45, 7) is 6.08. The number of nitrogens with two attached hydrogens (primary N) is 1. The van der Waals surface area contributed by atoms with E-state index in [0.29, 0.717) is 17.0 Å². The molecule has 0 saturated heterocycles. The van der Waals surface area contributed by atoms with E-state index < -0.39 is 6.17 Å². The van der Waals surface area contributed by atoms with E-state index in [-0.39, 0.29) is 5.92 Å². The molecule has 0 spiro atoms. The third-order valence-corrected chi connectivity index (χ3v) is 3.90. The van der Waals surface area contributed by atoms with Crippen molar-refractivity contribution in [2.24, 2.45) is 0 Å². The van der Waals surface area contributed by atoms with Crippen LogP contribution in [0.5, 0.6) is 0 Å². The first-order valence-corrected chi connectivity index (χ1v) is 6.83. The number of nitrogen functional groups attached to an aromatic ring is 1. The Bertz CT molecular complexity index is 420. The van der Waals surface area contributed by atoms with Crippen LogP contribution in [0.25, 0.3) is 0 Å². The molecule has 4 heteroatoms. The van der Waals surface area contributed by atoms with Gasteiger partial charge in [-0.15, -0.1) is 11.3 Å². The number of hydrogen-bond donors (Lipinski definition) is 1. The molecule has 2 nitrogen and oxygen atoms in total. The zero-order chi connectivity index (χ0) is 13.0. The maximum Gasteiger partial charge on any atom is 0.107 e. The summed E-state index contributed by atoms with van der Waals surface area (Å²) >= 11 is 1.44. The van der Waals surface area contributed by atoms with Crippen LogP contribution in [-0.2, 0) is 6.42 Å². The Hall–Kier alpha value is -1.08. The normalized spacial score (nSPS) is 22.1. The van der Waals surface area contributed by atoms with Gasteiger partial charge in [0.1, 0.15) is 17.2 Å². The lowest BCUT2D eigenvalue weighted by molar-refractivity contribution is 0.263. The molecule has 2 N–H and O–H groups in total. The summed E-state index contributed by atoms with van der Waals surface area (Å²) in [6, 6.07) is 2.07. The predicted molar refractivity (Wildman–Crippen MR) is 71.0 cm³/mol. The van der Waals surface area contributed by atoms with E-state index in [2.05, 4.69) is 19.9 Å². The van der Waals surface area contributed by atoms with Crippen LogP contribution in [0.4, 0.5) is 9.39 Å². The number of anilines is 1. The van der Waals surface area contributed by atoms with Gasteiger partial charge in [0, 0.05) is 10.8 Å². The van der Waals surface area contributed by atoms with E-state index in [4.69, 9.17) is 11.0 Å². The van der Waals surface area contributed by atoms with Crippen LogP contribution in [0.3, 0.4) is 0 Å². The highest BCUT2D eigenvalue weighted by Crippen LogP contribution is 2.42. The van der Waals surface area contributed by atoms with Crippen LogP contribution in [-0.4, -0.2) is 6.17 Å². The number of hydrogen-bond acceptors (Lipinski definition) is 3. The van der Waals surface area contributed by atoms with Gasteiger partial charge in [0.15, 0.2) is 0 Å². The lowest BCUT2D eigenvalue weighted by Gasteiger charge is -2.22. The van der Waals surface area contributed by atoms with Gasteiger partial charge in [-0.05, 0) is 18.4 Å². The van der Waals surface area contributed by atoms with E-state index in [1.54, 1.807) is 0 Å². The predicted octanol–water partition coefficient (Wildman–Crippen LogP) is 4.01. The molecule has 0 aromatic carbocycles. The SMILES string of the molecule is CC1c2c(sc(N)c2C#N)CCC1F.CCC. The molecule has 0 aliphatic heterocycles. The van der Waals surface area contributed by atoms with Crippen molar-refractivity contribution in [1.29, 1.82) is 5.26 Å². The van der Waals surface area contributed by atoms with E-state index in [9.17, 15) is 4.39 Å². The summed E-state index contributed by atoms with van der Waals surface area (Å²) in [5, 5.41) is 9.46. The zero-order valence-corrected chi connectivity index (χ0v) is 11.4. The number of thiophene rings is 1. The summed E-state index contributed by atoms with van der Waals surface area (Å²) in [4.78, 5) is 1.10. The summed E-state index contributed by atoms with van der Waals surface area (Å²) in [5.41, 5.74) is 7.07. The van der Waals surface area contributed by atoms with Crippen molar-refractivity contribution in [3.05, 3.63) is 16.0 Å². The smallest absolute Gasteiger partial charge is 0.107 e. The van der Waals surface area contributed by atoms with Crippen molar-refractivity contribution in [1.82, 2.24) is 0 Å². The second kappa shape index (κ2) is 6.02. The Morgan fingerprint density at radius 1 is 1.53 bits per heavy atom. The number of halogens is 1. The Morgan fingerprint density at radius 2 is 2.12 bits per heavy atom. The number of nitriles is 1. The van der Waals surface area contributed by atoms with Crippen molar-refractivity contribution >= 4 is 16.3 Å². The number of aryl methyl sites for hydroxylation is 1. The molecule has 1 aliphatic carbocycles. The first-order valence-electron chi connectivity index (χ1n) is 6.01. The van der Waals surface area contributed by atoms with Crippen LogP contribution in [0, 0.1) is 11.3 Å². The summed E-state index contributed by atoms with van der Waals surface area (Å²) in [6.07, 6.45) is 1.69. The van der Waals surface area contributed by atoms with Crippen molar-refractivity contribution in [3.8, 4) is 6.07 Å². The highest BCUT2D eigenvalue weighted by molar-refractivity contribution is 7.16. The summed E-state index contributed by atoms with van der Waals surface area (Å²) in [5.74, 6) is -0.179. The number of rotatable bonds is 0. The average molecular weight is 254 g/mol. The van der Waals surface area contributed by atoms with Crippen molar-refractivity contribution in [2.75, 3.05) is 5.73 Å². The van der Waals surface area contributed by atoms with Gasteiger partial charge in [0.2, 0.25) is 0 Å². The minimum absolute atomic E-state index is 0.179. The van der Waals surface area contributed by atoms with Crippen LogP contribution in [0.2, 0.25) is 0 Å². The number of alkyl halides is 1. The van der Waals surface area contributed by atoms with E-state index in [1.165, 1.54) is 17.8 Å². The fraction of sp³-hybridized carbons (Fsp3) is 0.615.